The van der Waals surface area contributed by atoms with E-state index in [-0.39, 0.29) is 18.4 Å². The zero-order chi connectivity index (χ0) is 18.8. The van der Waals surface area contributed by atoms with Crippen molar-refractivity contribution in [2.24, 2.45) is 0 Å². The molecule has 2 amide bonds. The Labute approximate surface area is 162 Å². The summed E-state index contributed by atoms with van der Waals surface area (Å²) in [5, 5.41) is 3.45. The largest absolute Gasteiger partial charge is 0.324 e. The van der Waals surface area contributed by atoms with Gasteiger partial charge in [0.25, 0.3) is 5.91 Å². The number of nitrogens with one attached hydrogen (secondary N) is 1. The first-order valence-corrected chi connectivity index (χ1v) is 9.01. The van der Waals surface area contributed by atoms with Crippen LogP contribution in [0.15, 0.2) is 78.9 Å². The first-order chi connectivity index (χ1) is 13.1. The molecule has 1 aliphatic heterocycles. The molecule has 1 heterocycles. The first-order valence-electron chi connectivity index (χ1n) is 8.64. The number of hydrogen-bond acceptors (Lipinski definition) is 2. The topological polar surface area (TPSA) is 49.4 Å². The Bertz CT molecular complexity index is 990. The molecule has 27 heavy (non-hydrogen) atoms. The van der Waals surface area contributed by atoms with Gasteiger partial charge in [0.05, 0.1) is 6.04 Å². The van der Waals surface area contributed by atoms with E-state index in [1.807, 2.05) is 54.6 Å². The summed E-state index contributed by atoms with van der Waals surface area (Å²) in [6.45, 7) is -0.0421. The number of rotatable bonds is 2. The van der Waals surface area contributed by atoms with Crippen molar-refractivity contribution < 1.29 is 9.59 Å². The van der Waals surface area contributed by atoms with Gasteiger partial charge in [0, 0.05) is 21.8 Å². The maximum atomic E-state index is 13.3. The lowest BCUT2D eigenvalue weighted by Crippen LogP contribution is -2.38. The Balaban J connectivity index is 1.90. The molecule has 5 heteroatoms. The minimum absolute atomic E-state index is 0.0421. The summed E-state index contributed by atoms with van der Waals surface area (Å²) >= 11 is 6.25. The van der Waals surface area contributed by atoms with E-state index in [1.54, 1.807) is 29.2 Å². The summed E-state index contributed by atoms with van der Waals surface area (Å²) in [6, 6.07) is 23.6. The van der Waals surface area contributed by atoms with Crippen molar-refractivity contribution in [3.8, 4) is 0 Å². The van der Waals surface area contributed by atoms with Crippen LogP contribution in [0.4, 0.5) is 5.69 Å². The van der Waals surface area contributed by atoms with E-state index in [1.165, 1.54) is 0 Å². The highest BCUT2D eigenvalue weighted by atomic mass is 35.5. The third-order valence-electron chi connectivity index (χ3n) is 4.60. The highest BCUT2D eigenvalue weighted by molar-refractivity contribution is 6.30. The van der Waals surface area contributed by atoms with Crippen LogP contribution in [0.2, 0.25) is 5.02 Å². The van der Waals surface area contributed by atoms with Crippen molar-refractivity contribution in [3.05, 3.63) is 101 Å². The molecule has 134 valence electrons. The quantitative estimate of drug-likeness (QED) is 0.714. The van der Waals surface area contributed by atoms with Gasteiger partial charge >= 0.3 is 0 Å². The molecule has 1 N–H and O–H groups in total. The van der Waals surface area contributed by atoms with Gasteiger partial charge in [-0.25, -0.2) is 0 Å². The number of nitrogens with zero attached hydrogens (tertiary/aromatic N) is 1. The van der Waals surface area contributed by atoms with E-state index >= 15 is 0 Å². The van der Waals surface area contributed by atoms with Crippen molar-refractivity contribution in [3.63, 3.8) is 0 Å². The number of hydrogen-bond donors (Lipinski definition) is 1. The second kappa shape index (κ2) is 7.25. The predicted molar refractivity (Wildman–Crippen MR) is 106 cm³/mol. The summed E-state index contributed by atoms with van der Waals surface area (Å²) < 4.78 is 0. The van der Waals surface area contributed by atoms with E-state index in [0.29, 0.717) is 16.3 Å². The van der Waals surface area contributed by atoms with Crippen LogP contribution in [0.5, 0.6) is 0 Å². The fourth-order valence-electron chi connectivity index (χ4n) is 3.41. The second-order valence-electron chi connectivity index (χ2n) is 6.39. The van der Waals surface area contributed by atoms with E-state index in [4.69, 9.17) is 11.6 Å². The number of carbonyl (C=O) groups excluding carboxylic acids is 2. The van der Waals surface area contributed by atoms with Crippen molar-refractivity contribution in [2.45, 2.75) is 6.04 Å². The summed E-state index contributed by atoms with van der Waals surface area (Å²) in [7, 11) is 0. The van der Waals surface area contributed by atoms with Crippen molar-refractivity contribution in [1.29, 1.82) is 0 Å². The third-order valence-corrected chi connectivity index (χ3v) is 4.84. The molecule has 0 aliphatic carbocycles. The Morgan fingerprint density at radius 3 is 2.33 bits per heavy atom. The molecule has 0 spiro atoms. The Morgan fingerprint density at radius 1 is 0.963 bits per heavy atom. The maximum absolute atomic E-state index is 13.3. The van der Waals surface area contributed by atoms with Crippen LogP contribution >= 0.6 is 11.6 Å². The Hall–Kier alpha value is -3.11. The number of halogens is 1. The number of carbonyl (C=O) groups is 2. The van der Waals surface area contributed by atoms with Crippen LogP contribution in [0.25, 0.3) is 0 Å². The molecular weight excluding hydrogens is 360 g/mol. The highest BCUT2D eigenvalue weighted by Gasteiger charge is 2.33. The zero-order valence-corrected chi connectivity index (χ0v) is 15.2. The summed E-state index contributed by atoms with van der Waals surface area (Å²) in [6.07, 6.45) is 0. The number of anilines is 1. The van der Waals surface area contributed by atoms with Gasteiger partial charge < -0.3 is 10.2 Å². The van der Waals surface area contributed by atoms with Gasteiger partial charge in [0.2, 0.25) is 5.91 Å². The molecule has 0 bridgehead atoms. The average molecular weight is 377 g/mol. The van der Waals surface area contributed by atoms with Crippen molar-refractivity contribution in [1.82, 2.24) is 4.90 Å². The lowest BCUT2D eigenvalue weighted by molar-refractivity contribution is -0.117. The van der Waals surface area contributed by atoms with Crippen LogP contribution in [-0.4, -0.2) is 23.3 Å². The molecule has 3 aromatic rings. The lowest BCUT2D eigenvalue weighted by Gasteiger charge is -2.30. The molecule has 0 fully saturated rings. The molecule has 1 aliphatic rings. The fraction of sp³-hybridized carbons (Fsp3) is 0.0909. The van der Waals surface area contributed by atoms with Gasteiger partial charge in [-0.15, -0.1) is 0 Å². The molecule has 0 saturated heterocycles. The normalized spacial score (nSPS) is 16.3. The molecule has 0 aromatic heterocycles. The summed E-state index contributed by atoms with van der Waals surface area (Å²) in [5.41, 5.74) is 2.92. The van der Waals surface area contributed by atoms with E-state index in [0.717, 1.165) is 11.1 Å². The minimum Gasteiger partial charge on any atom is -0.324 e. The molecule has 4 nitrogen and oxygen atoms in total. The Kier molecular flexibility index (Phi) is 4.65. The van der Waals surface area contributed by atoms with Crippen LogP contribution in [-0.2, 0) is 4.79 Å². The fourth-order valence-corrected chi connectivity index (χ4v) is 3.59. The second-order valence-corrected chi connectivity index (χ2v) is 6.83. The van der Waals surface area contributed by atoms with Crippen LogP contribution in [0, 0.1) is 0 Å². The van der Waals surface area contributed by atoms with Crippen LogP contribution < -0.4 is 5.32 Å². The standard InChI is InChI=1S/C22H17ClN2O2/c23-17-11-12-19-18(13-17)21(15-7-3-1-4-8-15)25(14-20(26)24-19)22(27)16-9-5-2-6-10-16/h1-13,21H,14H2,(H,24,26)/t21-/m0/s1. The average Bonchev–Trinajstić information content (AvgIpc) is 2.84. The summed E-state index contributed by atoms with van der Waals surface area (Å²) in [5.74, 6) is -0.436. The smallest absolute Gasteiger partial charge is 0.255 e. The van der Waals surface area contributed by atoms with Gasteiger partial charge in [-0.1, -0.05) is 60.1 Å². The van der Waals surface area contributed by atoms with E-state index in [9.17, 15) is 9.59 Å². The van der Waals surface area contributed by atoms with E-state index in [2.05, 4.69) is 5.32 Å². The van der Waals surface area contributed by atoms with Crippen molar-refractivity contribution in [2.75, 3.05) is 11.9 Å². The lowest BCUT2D eigenvalue weighted by atomic mass is 9.95. The molecule has 1 atom stereocenters. The molecule has 0 radical (unpaired) electrons. The number of fused-ring (bicyclic) bond motifs is 1. The molecule has 0 unspecified atom stereocenters. The minimum atomic E-state index is -0.424. The van der Waals surface area contributed by atoms with Crippen molar-refractivity contribution >= 4 is 29.1 Å². The van der Waals surface area contributed by atoms with Crippen LogP contribution in [0.3, 0.4) is 0 Å². The van der Waals surface area contributed by atoms with Gasteiger partial charge in [0.15, 0.2) is 0 Å². The monoisotopic (exact) mass is 376 g/mol. The SMILES string of the molecule is O=C1CN(C(=O)c2ccccc2)[C@@H](c2ccccc2)c2cc(Cl)ccc2N1. The molecule has 0 saturated carbocycles. The molecular formula is C22H17ClN2O2. The number of amides is 2. The van der Waals surface area contributed by atoms with Gasteiger partial charge in [-0.2, -0.15) is 0 Å². The van der Waals surface area contributed by atoms with Crippen LogP contribution in [0.1, 0.15) is 27.5 Å². The van der Waals surface area contributed by atoms with E-state index < -0.39 is 6.04 Å². The van der Waals surface area contributed by atoms with Gasteiger partial charge in [0.1, 0.15) is 6.54 Å². The maximum Gasteiger partial charge on any atom is 0.255 e. The summed E-state index contributed by atoms with van der Waals surface area (Å²) in [4.78, 5) is 27.4. The molecule has 3 aromatic carbocycles. The zero-order valence-electron chi connectivity index (χ0n) is 14.4. The Morgan fingerprint density at radius 2 is 1.63 bits per heavy atom. The van der Waals surface area contributed by atoms with Gasteiger partial charge in [-0.05, 0) is 35.9 Å². The third kappa shape index (κ3) is 3.44. The predicted octanol–water partition coefficient (Wildman–Crippen LogP) is 4.52. The molecule has 4 rings (SSSR count). The number of benzene rings is 3. The highest BCUT2D eigenvalue weighted by Crippen LogP contribution is 2.37. The first kappa shape index (κ1) is 17.3. The van der Waals surface area contributed by atoms with Gasteiger partial charge in [-0.3, -0.25) is 9.59 Å².